The third kappa shape index (κ3) is 4.80. The van der Waals surface area contributed by atoms with Crippen molar-refractivity contribution in [3.05, 3.63) is 58.6 Å². The van der Waals surface area contributed by atoms with E-state index in [0.717, 1.165) is 6.26 Å². The lowest BCUT2D eigenvalue weighted by Crippen LogP contribution is -2.13. The molecule has 7 nitrogen and oxygen atoms in total. The number of thiazole rings is 1. The number of carbonyl (C=O) groups excluding carboxylic acids is 1. The lowest BCUT2D eigenvalue weighted by Gasteiger charge is -2.09. The van der Waals surface area contributed by atoms with Crippen molar-refractivity contribution in [2.45, 2.75) is 4.90 Å². The molecule has 28 heavy (non-hydrogen) atoms. The van der Waals surface area contributed by atoms with Crippen molar-refractivity contribution in [3.8, 4) is 5.75 Å². The van der Waals surface area contributed by atoms with Crippen LogP contribution in [-0.2, 0) is 9.84 Å². The van der Waals surface area contributed by atoms with E-state index in [0.29, 0.717) is 27.3 Å². The van der Waals surface area contributed by atoms with Gasteiger partial charge in [-0.15, -0.1) is 11.3 Å². The number of anilines is 3. The summed E-state index contributed by atoms with van der Waals surface area (Å²) in [6.07, 6.45) is 1.15. The zero-order valence-corrected chi connectivity index (χ0v) is 17.3. The van der Waals surface area contributed by atoms with Crippen molar-refractivity contribution in [1.29, 1.82) is 0 Å². The number of aromatic nitrogens is 1. The highest BCUT2D eigenvalue weighted by molar-refractivity contribution is 7.90. The maximum absolute atomic E-state index is 12.5. The molecule has 3 rings (SSSR count). The Morgan fingerprint density at radius 3 is 2.54 bits per heavy atom. The predicted molar refractivity (Wildman–Crippen MR) is 111 cm³/mol. The summed E-state index contributed by atoms with van der Waals surface area (Å²) in [4.78, 5) is 16.9. The highest BCUT2D eigenvalue weighted by Gasteiger charge is 2.14. The first-order valence-corrected chi connectivity index (χ1v) is 11.1. The predicted octanol–water partition coefficient (Wildman–Crippen LogP) is 4.20. The summed E-state index contributed by atoms with van der Waals surface area (Å²) in [5, 5.41) is 8.33. The molecule has 0 radical (unpaired) electrons. The van der Waals surface area contributed by atoms with Gasteiger partial charge in [0.15, 0.2) is 15.0 Å². The molecule has 0 spiro atoms. The van der Waals surface area contributed by atoms with Crippen molar-refractivity contribution < 1.29 is 17.9 Å². The molecule has 0 bridgehead atoms. The van der Waals surface area contributed by atoms with Crippen LogP contribution in [0, 0.1) is 0 Å². The fourth-order valence-electron chi connectivity index (χ4n) is 2.31. The standard InChI is InChI=1S/C18H16ClN3O4S2/c1-26-16-8-3-11(19)9-14(16)21-17(23)15-10-27-18(22-15)20-12-4-6-13(7-5-12)28(2,24)25/h3-10H,1-2H3,(H,20,22)(H,21,23). The van der Waals surface area contributed by atoms with Gasteiger partial charge in [-0.05, 0) is 42.5 Å². The summed E-state index contributed by atoms with van der Waals surface area (Å²) < 4.78 is 28.2. The second kappa shape index (κ2) is 8.17. The van der Waals surface area contributed by atoms with Crippen molar-refractivity contribution in [3.63, 3.8) is 0 Å². The average Bonchev–Trinajstić information content (AvgIpc) is 3.10. The minimum atomic E-state index is -3.25. The van der Waals surface area contributed by atoms with E-state index in [9.17, 15) is 13.2 Å². The highest BCUT2D eigenvalue weighted by atomic mass is 35.5. The lowest BCUT2D eigenvalue weighted by molar-refractivity contribution is 0.102. The summed E-state index contributed by atoms with van der Waals surface area (Å²) in [5.74, 6) is 0.0783. The van der Waals surface area contributed by atoms with Gasteiger partial charge >= 0.3 is 0 Å². The zero-order valence-electron chi connectivity index (χ0n) is 14.9. The number of hydrogen-bond acceptors (Lipinski definition) is 7. The molecular formula is C18H16ClN3O4S2. The second-order valence-electron chi connectivity index (χ2n) is 5.76. The molecule has 1 heterocycles. The van der Waals surface area contributed by atoms with Crippen LogP contribution in [0.4, 0.5) is 16.5 Å². The maximum atomic E-state index is 12.5. The first kappa shape index (κ1) is 20.1. The van der Waals surface area contributed by atoms with Crippen LogP contribution in [0.25, 0.3) is 0 Å². The molecule has 0 atom stereocenters. The fraction of sp³-hybridized carbons (Fsp3) is 0.111. The topological polar surface area (TPSA) is 97.4 Å². The molecule has 0 aliphatic heterocycles. The number of rotatable bonds is 6. The zero-order chi connectivity index (χ0) is 20.3. The first-order valence-electron chi connectivity index (χ1n) is 7.94. The summed E-state index contributed by atoms with van der Waals surface area (Å²) in [6, 6.07) is 11.2. The number of nitrogens with one attached hydrogen (secondary N) is 2. The molecule has 146 valence electrons. The molecule has 1 amide bonds. The smallest absolute Gasteiger partial charge is 0.275 e. The first-order chi connectivity index (χ1) is 13.3. The summed E-state index contributed by atoms with van der Waals surface area (Å²) >= 11 is 7.22. The SMILES string of the molecule is COc1ccc(Cl)cc1NC(=O)c1csc(Nc2ccc(S(C)(=O)=O)cc2)n1. The molecule has 1 aromatic heterocycles. The number of hydrogen-bond donors (Lipinski definition) is 2. The normalized spacial score (nSPS) is 11.1. The third-order valence-electron chi connectivity index (χ3n) is 3.68. The Bertz CT molecular complexity index is 1110. The van der Waals surface area contributed by atoms with Crippen LogP contribution in [0.2, 0.25) is 5.02 Å². The van der Waals surface area contributed by atoms with E-state index in [1.54, 1.807) is 35.7 Å². The maximum Gasteiger partial charge on any atom is 0.275 e. The molecule has 0 fully saturated rings. The molecule has 0 saturated carbocycles. The Balaban J connectivity index is 1.72. The van der Waals surface area contributed by atoms with Gasteiger partial charge in [-0.3, -0.25) is 4.79 Å². The quantitative estimate of drug-likeness (QED) is 0.599. The highest BCUT2D eigenvalue weighted by Crippen LogP contribution is 2.29. The lowest BCUT2D eigenvalue weighted by atomic mass is 10.3. The third-order valence-corrected chi connectivity index (χ3v) is 5.80. The number of halogens is 1. The Morgan fingerprint density at radius 2 is 1.89 bits per heavy atom. The van der Waals surface area contributed by atoms with E-state index in [2.05, 4.69) is 15.6 Å². The van der Waals surface area contributed by atoms with Crippen LogP contribution in [0.1, 0.15) is 10.5 Å². The number of ether oxygens (including phenoxy) is 1. The van der Waals surface area contributed by atoms with Gasteiger partial charge in [0.1, 0.15) is 11.4 Å². The van der Waals surface area contributed by atoms with Gasteiger partial charge < -0.3 is 15.4 Å². The monoisotopic (exact) mass is 437 g/mol. The number of methoxy groups -OCH3 is 1. The minimum absolute atomic E-state index is 0.224. The van der Waals surface area contributed by atoms with Crippen LogP contribution >= 0.6 is 22.9 Å². The summed E-state index contributed by atoms with van der Waals surface area (Å²) in [6.45, 7) is 0. The van der Waals surface area contributed by atoms with Crippen LogP contribution in [-0.4, -0.2) is 32.7 Å². The van der Waals surface area contributed by atoms with E-state index < -0.39 is 15.7 Å². The molecule has 0 unspecified atom stereocenters. The number of sulfone groups is 1. The Kier molecular flexibility index (Phi) is 5.87. The Labute approximate surface area is 171 Å². The molecule has 2 N–H and O–H groups in total. The molecule has 0 aliphatic rings. The van der Waals surface area contributed by atoms with Gasteiger partial charge in [-0.2, -0.15) is 0 Å². The van der Waals surface area contributed by atoms with Gasteiger partial charge in [0, 0.05) is 22.3 Å². The van der Waals surface area contributed by atoms with E-state index in [-0.39, 0.29) is 10.6 Å². The van der Waals surface area contributed by atoms with Crippen molar-refractivity contribution in [2.75, 3.05) is 24.0 Å². The summed E-state index contributed by atoms with van der Waals surface area (Å²) in [5.41, 5.74) is 1.33. The molecule has 0 aliphatic carbocycles. The van der Waals surface area contributed by atoms with Crippen LogP contribution in [0.5, 0.6) is 5.75 Å². The summed E-state index contributed by atoms with van der Waals surface area (Å²) in [7, 11) is -1.75. The Hall–Kier alpha value is -2.62. The Morgan fingerprint density at radius 1 is 1.18 bits per heavy atom. The molecular weight excluding hydrogens is 422 g/mol. The van der Waals surface area contributed by atoms with Gasteiger partial charge in [0.05, 0.1) is 17.7 Å². The van der Waals surface area contributed by atoms with E-state index in [1.165, 1.54) is 30.6 Å². The van der Waals surface area contributed by atoms with E-state index in [4.69, 9.17) is 16.3 Å². The minimum Gasteiger partial charge on any atom is -0.495 e. The number of amides is 1. The fourth-order valence-corrected chi connectivity index (χ4v) is 3.82. The number of carbonyl (C=O) groups is 1. The van der Waals surface area contributed by atoms with Crippen LogP contribution < -0.4 is 15.4 Å². The van der Waals surface area contributed by atoms with Gasteiger partial charge in [0.2, 0.25) is 0 Å². The molecule has 10 heteroatoms. The largest absolute Gasteiger partial charge is 0.495 e. The van der Waals surface area contributed by atoms with Crippen LogP contribution in [0.3, 0.4) is 0 Å². The van der Waals surface area contributed by atoms with Crippen molar-refractivity contribution in [2.24, 2.45) is 0 Å². The number of benzene rings is 2. The molecule has 2 aromatic carbocycles. The van der Waals surface area contributed by atoms with Crippen LogP contribution in [0.15, 0.2) is 52.7 Å². The van der Waals surface area contributed by atoms with Gasteiger partial charge in [-0.1, -0.05) is 11.6 Å². The average molecular weight is 438 g/mol. The molecule has 0 saturated heterocycles. The second-order valence-corrected chi connectivity index (χ2v) is 9.07. The van der Waals surface area contributed by atoms with E-state index >= 15 is 0 Å². The van der Waals surface area contributed by atoms with Gasteiger partial charge in [-0.25, -0.2) is 13.4 Å². The van der Waals surface area contributed by atoms with Gasteiger partial charge in [0.25, 0.3) is 5.91 Å². The van der Waals surface area contributed by atoms with E-state index in [1.807, 2.05) is 0 Å². The van der Waals surface area contributed by atoms with Crippen molar-refractivity contribution >= 4 is 55.2 Å². The molecule has 3 aromatic rings. The van der Waals surface area contributed by atoms with Crippen molar-refractivity contribution in [1.82, 2.24) is 4.98 Å². The number of nitrogens with zero attached hydrogens (tertiary/aromatic N) is 1.